The van der Waals surface area contributed by atoms with Crippen molar-refractivity contribution in [1.29, 1.82) is 0 Å². The van der Waals surface area contributed by atoms with Gasteiger partial charge in [0.15, 0.2) is 6.39 Å². The standard InChI is InChI=1S/C10H18N2O/c1-10(2,3)4-5-11-6-9-7-12-8-13-9/h7-8,11H,4-6H2,1-3H3. The molecule has 1 rings (SSSR count). The highest BCUT2D eigenvalue weighted by molar-refractivity contribution is 4.86. The van der Waals surface area contributed by atoms with Gasteiger partial charge in [0, 0.05) is 0 Å². The predicted molar refractivity (Wildman–Crippen MR) is 52.3 cm³/mol. The molecule has 1 aromatic heterocycles. The van der Waals surface area contributed by atoms with Crippen LogP contribution in [0, 0.1) is 5.41 Å². The maximum absolute atomic E-state index is 5.09. The minimum absolute atomic E-state index is 0.397. The Hall–Kier alpha value is -0.830. The van der Waals surface area contributed by atoms with Crippen molar-refractivity contribution in [1.82, 2.24) is 10.3 Å². The fraction of sp³-hybridized carbons (Fsp3) is 0.700. The number of hydrogen-bond acceptors (Lipinski definition) is 3. The molecule has 0 unspecified atom stereocenters. The molecule has 0 aliphatic carbocycles. The molecular formula is C10H18N2O. The van der Waals surface area contributed by atoms with Gasteiger partial charge in [0.2, 0.25) is 0 Å². The summed E-state index contributed by atoms with van der Waals surface area (Å²) in [6, 6.07) is 0. The van der Waals surface area contributed by atoms with Gasteiger partial charge in [-0.15, -0.1) is 0 Å². The van der Waals surface area contributed by atoms with Gasteiger partial charge in [0.25, 0.3) is 0 Å². The summed E-state index contributed by atoms with van der Waals surface area (Å²) in [5.41, 5.74) is 0.397. The molecule has 0 saturated carbocycles. The highest BCUT2D eigenvalue weighted by Gasteiger charge is 2.08. The van der Waals surface area contributed by atoms with Gasteiger partial charge in [0.1, 0.15) is 5.76 Å². The molecule has 13 heavy (non-hydrogen) atoms. The molecule has 0 aliphatic heterocycles. The Morgan fingerprint density at radius 1 is 1.46 bits per heavy atom. The van der Waals surface area contributed by atoms with Crippen LogP contribution in [0.2, 0.25) is 0 Å². The van der Waals surface area contributed by atoms with Crippen LogP contribution in [0.25, 0.3) is 0 Å². The second kappa shape index (κ2) is 4.42. The second-order valence-corrected chi connectivity index (χ2v) is 4.46. The van der Waals surface area contributed by atoms with Crippen LogP contribution in [0.15, 0.2) is 17.0 Å². The molecule has 0 atom stereocenters. The largest absolute Gasteiger partial charge is 0.447 e. The number of aromatic nitrogens is 1. The summed E-state index contributed by atoms with van der Waals surface area (Å²) in [5, 5.41) is 3.31. The lowest BCUT2D eigenvalue weighted by atomic mass is 9.92. The lowest BCUT2D eigenvalue weighted by Crippen LogP contribution is -2.19. The monoisotopic (exact) mass is 182 g/mol. The van der Waals surface area contributed by atoms with Gasteiger partial charge in [-0.1, -0.05) is 20.8 Å². The maximum Gasteiger partial charge on any atom is 0.180 e. The number of hydrogen-bond donors (Lipinski definition) is 1. The molecule has 1 aromatic rings. The normalized spacial score (nSPS) is 11.9. The molecule has 0 bridgehead atoms. The van der Waals surface area contributed by atoms with E-state index >= 15 is 0 Å². The van der Waals surface area contributed by atoms with Crippen molar-refractivity contribution in [3.05, 3.63) is 18.4 Å². The Bertz CT molecular complexity index is 224. The quantitative estimate of drug-likeness (QED) is 0.725. The SMILES string of the molecule is CC(C)(C)CCNCc1cnco1. The fourth-order valence-corrected chi connectivity index (χ4v) is 1.00. The van der Waals surface area contributed by atoms with Crippen LogP contribution in [0.5, 0.6) is 0 Å². The van der Waals surface area contributed by atoms with E-state index < -0.39 is 0 Å². The van der Waals surface area contributed by atoms with Crippen LogP contribution in [0.3, 0.4) is 0 Å². The molecule has 0 fully saturated rings. The van der Waals surface area contributed by atoms with E-state index in [2.05, 4.69) is 31.1 Å². The van der Waals surface area contributed by atoms with E-state index in [9.17, 15) is 0 Å². The van der Waals surface area contributed by atoms with Crippen LogP contribution >= 0.6 is 0 Å². The molecule has 0 aliphatic rings. The highest BCUT2D eigenvalue weighted by Crippen LogP contribution is 2.16. The van der Waals surface area contributed by atoms with E-state index in [0.29, 0.717) is 5.41 Å². The van der Waals surface area contributed by atoms with Crippen LogP contribution in [-0.2, 0) is 6.54 Å². The van der Waals surface area contributed by atoms with E-state index in [1.807, 2.05) is 0 Å². The lowest BCUT2D eigenvalue weighted by molar-refractivity contribution is 0.361. The topological polar surface area (TPSA) is 38.1 Å². The zero-order valence-corrected chi connectivity index (χ0v) is 8.63. The molecular weight excluding hydrogens is 164 g/mol. The first-order valence-corrected chi connectivity index (χ1v) is 4.66. The van der Waals surface area contributed by atoms with Gasteiger partial charge < -0.3 is 9.73 Å². The summed E-state index contributed by atoms with van der Waals surface area (Å²) in [4.78, 5) is 3.84. The summed E-state index contributed by atoms with van der Waals surface area (Å²) in [6.07, 6.45) is 4.37. The summed E-state index contributed by atoms with van der Waals surface area (Å²) in [5.74, 6) is 0.897. The average Bonchev–Trinajstić information content (AvgIpc) is 2.48. The third-order valence-corrected chi connectivity index (χ3v) is 1.83. The first kappa shape index (κ1) is 10.3. The molecule has 0 aromatic carbocycles. The third-order valence-electron chi connectivity index (χ3n) is 1.83. The van der Waals surface area contributed by atoms with E-state index in [1.165, 1.54) is 12.8 Å². The van der Waals surface area contributed by atoms with Crippen LogP contribution in [0.1, 0.15) is 33.0 Å². The molecule has 1 heterocycles. The summed E-state index contributed by atoms with van der Waals surface area (Å²) < 4.78 is 5.09. The van der Waals surface area contributed by atoms with Gasteiger partial charge in [-0.3, -0.25) is 0 Å². The highest BCUT2D eigenvalue weighted by atomic mass is 16.3. The Morgan fingerprint density at radius 2 is 2.23 bits per heavy atom. The van der Waals surface area contributed by atoms with Gasteiger partial charge in [0.05, 0.1) is 12.7 Å². The van der Waals surface area contributed by atoms with Crippen molar-refractivity contribution >= 4 is 0 Å². The molecule has 3 heteroatoms. The summed E-state index contributed by atoms with van der Waals surface area (Å²) >= 11 is 0. The number of rotatable bonds is 4. The van der Waals surface area contributed by atoms with Crippen molar-refractivity contribution in [2.24, 2.45) is 5.41 Å². The molecule has 0 spiro atoms. The Morgan fingerprint density at radius 3 is 2.77 bits per heavy atom. The predicted octanol–water partition coefficient (Wildman–Crippen LogP) is 2.20. The smallest absolute Gasteiger partial charge is 0.180 e. The maximum atomic E-state index is 5.09. The molecule has 0 saturated heterocycles. The Labute approximate surface area is 79.5 Å². The molecule has 0 amide bonds. The first-order chi connectivity index (χ1) is 6.08. The van der Waals surface area contributed by atoms with Crippen molar-refractivity contribution in [3.8, 4) is 0 Å². The Kier molecular flexibility index (Phi) is 3.48. The van der Waals surface area contributed by atoms with Gasteiger partial charge in [-0.25, -0.2) is 4.98 Å². The number of nitrogens with one attached hydrogen (secondary N) is 1. The van der Waals surface area contributed by atoms with Crippen LogP contribution in [-0.4, -0.2) is 11.5 Å². The average molecular weight is 182 g/mol. The second-order valence-electron chi connectivity index (χ2n) is 4.46. The molecule has 0 radical (unpaired) electrons. The van der Waals surface area contributed by atoms with Crippen molar-refractivity contribution in [3.63, 3.8) is 0 Å². The van der Waals surface area contributed by atoms with E-state index in [1.54, 1.807) is 6.20 Å². The van der Waals surface area contributed by atoms with Crippen LogP contribution < -0.4 is 5.32 Å². The number of oxazole rings is 1. The van der Waals surface area contributed by atoms with Crippen molar-refractivity contribution in [2.45, 2.75) is 33.7 Å². The van der Waals surface area contributed by atoms with Gasteiger partial charge in [-0.05, 0) is 18.4 Å². The van der Waals surface area contributed by atoms with Crippen molar-refractivity contribution < 1.29 is 4.42 Å². The first-order valence-electron chi connectivity index (χ1n) is 4.66. The van der Waals surface area contributed by atoms with Crippen molar-refractivity contribution in [2.75, 3.05) is 6.54 Å². The van der Waals surface area contributed by atoms with Crippen LogP contribution in [0.4, 0.5) is 0 Å². The summed E-state index contributed by atoms with van der Waals surface area (Å²) in [7, 11) is 0. The molecule has 74 valence electrons. The lowest BCUT2D eigenvalue weighted by Gasteiger charge is -2.17. The number of nitrogens with zero attached hydrogens (tertiary/aromatic N) is 1. The summed E-state index contributed by atoms with van der Waals surface area (Å²) in [6.45, 7) is 8.51. The third kappa shape index (κ3) is 4.68. The van der Waals surface area contributed by atoms with E-state index in [0.717, 1.165) is 18.8 Å². The Balaban J connectivity index is 2.09. The minimum Gasteiger partial charge on any atom is -0.447 e. The zero-order chi connectivity index (χ0) is 9.73. The fourth-order valence-electron chi connectivity index (χ4n) is 1.00. The molecule has 1 N–H and O–H groups in total. The zero-order valence-electron chi connectivity index (χ0n) is 8.63. The van der Waals surface area contributed by atoms with E-state index in [4.69, 9.17) is 4.42 Å². The minimum atomic E-state index is 0.397. The van der Waals surface area contributed by atoms with E-state index in [-0.39, 0.29) is 0 Å². The van der Waals surface area contributed by atoms with Gasteiger partial charge >= 0.3 is 0 Å². The van der Waals surface area contributed by atoms with Gasteiger partial charge in [-0.2, -0.15) is 0 Å². The molecule has 3 nitrogen and oxygen atoms in total.